The van der Waals surface area contributed by atoms with Crippen molar-refractivity contribution in [1.29, 1.82) is 0 Å². The van der Waals surface area contributed by atoms with Crippen LogP contribution in [0.15, 0.2) is 0 Å². The highest BCUT2D eigenvalue weighted by molar-refractivity contribution is 5.61. The molecule has 18 heavy (non-hydrogen) atoms. The SMILES string of the molecule is Cc1nn(C)c(N2CCC(CO)CC2)c1[N+](=O)[O-]. The maximum Gasteiger partial charge on any atom is 0.333 e. The summed E-state index contributed by atoms with van der Waals surface area (Å²) in [6.07, 6.45) is 1.72. The fourth-order valence-electron chi connectivity index (χ4n) is 2.53. The van der Waals surface area contributed by atoms with Crippen molar-refractivity contribution in [2.24, 2.45) is 13.0 Å². The molecule has 0 unspecified atom stereocenters. The predicted octanol–water partition coefficient (Wildman–Crippen LogP) is 0.845. The van der Waals surface area contributed by atoms with Gasteiger partial charge in [0, 0.05) is 26.7 Å². The van der Waals surface area contributed by atoms with Gasteiger partial charge in [0.1, 0.15) is 5.69 Å². The summed E-state index contributed by atoms with van der Waals surface area (Å²) in [4.78, 5) is 12.7. The molecule has 1 aromatic rings. The lowest BCUT2D eigenvalue weighted by molar-refractivity contribution is -0.384. The second-order valence-electron chi connectivity index (χ2n) is 4.75. The van der Waals surface area contributed by atoms with Crippen molar-refractivity contribution in [3.63, 3.8) is 0 Å². The van der Waals surface area contributed by atoms with Crippen LogP contribution in [0.2, 0.25) is 0 Å². The highest BCUT2D eigenvalue weighted by Crippen LogP contribution is 2.33. The second-order valence-corrected chi connectivity index (χ2v) is 4.75. The van der Waals surface area contributed by atoms with Crippen LogP contribution in [0.25, 0.3) is 0 Å². The number of anilines is 1. The van der Waals surface area contributed by atoms with Crippen molar-refractivity contribution in [3.8, 4) is 0 Å². The zero-order valence-corrected chi connectivity index (χ0v) is 10.7. The molecule has 1 aliphatic heterocycles. The van der Waals surface area contributed by atoms with Crippen molar-refractivity contribution in [1.82, 2.24) is 9.78 Å². The van der Waals surface area contributed by atoms with E-state index >= 15 is 0 Å². The first kappa shape index (κ1) is 12.8. The highest BCUT2D eigenvalue weighted by atomic mass is 16.6. The van der Waals surface area contributed by atoms with E-state index < -0.39 is 0 Å². The molecule has 0 atom stereocenters. The van der Waals surface area contributed by atoms with Crippen LogP contribution in [-0.2, 0) is 7.05 Å². The number of aliphatic hydroxyl groups is 1. The number of aromatic nitrogens is 2. The van der Waals surface area contributed by atoms with Gasteiger partial charge in [-0.25, -0.2) is 4.68 Å². The topological polar surface area (TPSA) is 84.4 Å². The van der Waals surface area contributed by atoms with E-state index in [1.165, 1.54) is 0 Å². The molecule has 7 nitrogen and oxygen atoms in total. The lowest BCUT2D eigenvalue weighted by Gasteiger charge is -2.31. The van der Waals surface area contributed by atoms with Gasteiger partial charge < -0.3 is 10.0 Å². The van der Waals surface area contributed by atoms with E-state index in [4.69, 9.17) is 5.11 Å². The second kappa shape index (κ2) is 4.93. The maximum atomic E-state index is 11.1. The highest BCUT2D eigenvalue weighted by Gasteiger charge is 2.30. The largest absolute Gasteiger partial charge is 0.396 e. The van der Waals surface area contributed by atoms with E-state index in [0.29, 0.717) is 17.4 Å². The number of hydrogen-bond donors (Lipinski definition) is 1. The zero-order valence-electron chi connectivity index (χ0n) is 10.7. The first-order valence-corrected chi connectivity index (χ1v) is 6.08. The molecule has 1 aromatic heterocycles. The maximum absolute atomic E-state index is 11.1. The van der Waals surface area contributed by atoms with Crippen molar-refractivity contribution in [2.75, 3.05) is 24.6 Å². The number of piperidine rings is 1. The molecule has 1 fully saturated rings. The summed E-state index contributed by atoms with van der Waals surface area (Å²) in [7, 11) is 1.73. The van der Waals surface area contributed by atoms with E-state index in [-0.39, 0.29) is 17.2 Å². The van der Waals surface area contributed by atoms with Gasteiger partial charge in [-0.3, -0.25) is 10.1 Å². The van der Waals surface area contributed by atoms with Crippen LogP contribution in [0.1, 0.15) is 18.5 Å². The first-order chi connectivity index (χ1) is 8.54. The summed E-state index contributed by atoms with van der Waals surface area (Å²) in [6, 6.07) is 0. The quantitative estimate of drug-likeness (QED) is 0.638. The van der Waals surface area contributed by atoms with Gasteiger partial charge in [0.15, 0.2) is 0 Å². The van der Waals surface area contributed by atoms with Crippen LogP contribution < -0.4 is 4.90 Å². The third-order valence-corrected chi connectivity index (χ3v) is 3.52. The van der Waals surface area contributed by atoms with Crippen molar-refractivity contribution in [3.05, 3.63) is 15.8 Å². The molecule has 1 aliphatic rings. The molecule has 0 bridgehead atoms. The fourth-order valence-corrected chi connectivity index (χ4v) is 2.53. The Hall–Kier alpha value is -1.63. The van der Waals surface area contributed by atoms with Gasteiger partial charge in [0.25, 0.3) is 0 Å². The minimum absolute atomic E-state index is 0.0972. The number of aryl methyl sites for hydroxylation is 2. The van der Waals surface area contributed by atoms with Gasteiger partial charge in [-0.15, -0.1) is 0 Å². The molecule has 7 heteroatoms. The number of rotatable bonds is 3. The molecule has 2 rings (SSSR count). The monoisotopic (exact) mass is 254 g/mol. The summed E-state index contributed by atoms with van der Waals surface area (Å²) < 4.78 is 1.58. The van der Waals surface area contributed by atoms with Crippen molar-refractivity contribution in [2.45, 2.75) is 19.8 Å². The molecular formula is C11H18N4O3. The Bertz CT molecular complexity index is 449. The number of hydrogen-bond acceptors (Lipinski definition) is 5. The molecule has 2 heterocycles. The minimum atomic E-state index is -0.365. The van der Waals surface area contributed by atoms with Crippen LogP contribution in [0, 0.1) is 23.0 Å². The predicted molar refractivity (Wildman–Crippen MR) is 66.6 cm³/mol. The van der Waals surface area contributed by atoms with Crippen LogP contribution in [0.5, 0.6) is 0 Å². The van der Waals surface area contributed by atoms with Gasteiger partial charge in [-0.05, 0) is 25.7 Å². The molecular weight excluding hydrogens is 236 g/mol. The molecule has 0 spiro atoms. The Labute approximate surface area is 105 Å². The number of aliphatic hydroxyl groups excluding tert-OH is 1. The zero-order chi connectivity index (χ0) is 13.3. The summed E-state index contributed by atoms with van der Waals surface area (Å²) in [6.45, 7) is 3.30. The summed E-state index contributed by atoms with van der Waals surface area (Å²) >= 11 is 0. The number of nitro groups is 1. The van der Waals surface area contributed by atoms with Gasteiger partial charge in [0.2, 0.25) is 5.82 Å². The Kier molecular flexibility index (Phi) is 3.51. The summed E-state index contributed by atoms with van der Waals surface area (Å²) in [5, 5.41) is 24.3. The molecule has 0 amide bonds. The molecule has 0 aromatic carbocycles. The lowest BCUT2D eigenvalue weighted by Crippen LogP contribution is -2.36. The van der Waals surface area contributed by atoms with Crippen molar-refractivity contribution < 1.29 is 10.0 Å². The van der Waals surface area contributed by atoms with E-state index in [2.05, 4.69) is 5.10 Å². The summed E-state index contributed by atoms with van der Waals surface area (Å²) in [5.74, 6) is 0.892. The van der Waals surface area contributed by atoms with Gasteiger partial charge >= 0.3 is 5.69 Å². The van der Waals surface area contributed by atoms with Gasteiger partial charge in [-0.1, -0.05) is 0 Å². The Balaban J connectivity index is 2.26. The van der Waals surface area contributed by atoms with Gasteiger partial charge in [-0.2, -0.15) is 5.10 Å². The molecule has 0 saturated carbocycles. The van der Waals surface area contributed by atoms with E-state index in [9.17, 15) is 10.1 Å². The minimum Gasteiger partial charge on any atom is -0.396 e. The first-order valence-electron chi connectivity index (χ1n) is 6.08. The lowest BCUT2D eigenvalue weighted by atomic mass is 9.98. The molecule has 1 saturated heterocycles. The number of nitrogens with zero attached hydrogens (tertiary/aromatic N) is 4. The average Bonchev–Trinajstić information content (AvgIpc) is 2.64. The molecule has 100 valence electrons. The standard InChI is InChI=1S/C11H18N4O3/c1-8-10(15(17)18)11(13(2)12-8)14-5-3-9(7-16)4-6-14/h9,16H,3-7H2,1-2H3. The summed E-state index contributed by atoms with van der Waals surface area (Å²) in [5.41, 5.74) is 0.543. The van der Waals surface area contributed by atoms with Crippen LogP contribution >= 0.6 is 0 Å². The molecule has 0 radical (unpaired) electrons. The third kappa shape index (κ3) is 2.17. The van der Waals surface area contributed by atoms with Gasteiger partial charge in [0.05, 0.1) is 4.92 Å². The smallest absolute Gasteiger partial charge is 0.333 e. The van der Waals surface area contributed by atoms with E-state index in [0.717, 1.165) is 25.9 Å². The third-order valence-electron chi connectivity index (χ3n) is 3.52. The Morgan fingerprint density at radius 3 is 2.61 bits per heavy atom. The normalized spacial score (nSPS) is 17.2. The Morgan fingerprint density at radius 2 is 2.11 bits per heavy atom. The molecule has 1 N–H and O–H groups in total. The fraction of sp³-hybridized carbons (Fsp3) is 0.727. The van der Waals surface area contributed by atoms with Crippen molar-refractivity contribution >= 4 is 11.5 Å². The molecule has 0 aliphatic carbocycles. The van der Waals surface area contributed by atoms with E-state index in [1.54, 1.807) is 18.7 Å². The Morgan fingerprint density at radius 1 is 1.50 bits per heavy atom. The van der Waals surface area contributed by atoms with Crippen LogP contribution in [0.3, 0.4) is 0 Å². The average molecular weight is 254 g/mol. The van der Waals surface area contributed by atoms with E-state index in [1.807, 2.05) is 4.90 Å². The van der Waals surface area contributed by atoms with Crippen LogP contribution in [-0.4, -0.2) is 39.5 Å². The van der Waals surface area contributed by atoms with Crippen LogP contribution in [0.4, 0.5) is 11.5 Å².